The molecule has 0 radical (unpaired) electrons. The number of pyridine rings is 1. The predicted molar refractivity (Wildman–Crippen MR) is 88.4 cm³/mol. The van der Waals surface area contributed by atoms with E-state index >= 15 is 0 Å². The van der Waals surface area contributed by atoms with Crippen LogP contribution in [0.15, 0.2) is 55.0 Å². The Balaban J connectivity index is 1.80. The molecule has 7 heteroatoms. The number of amides is 1. The number of carbonyl (C=O) groups excluding carboxylic acids is 1. The van der Waals surface area contributed by atoms with Crippen LogP contribution in [0.2, 0.25) is 0 Å². The van der Waals surface area contributed by atoms with Gasteiger partial charge in [0.1, 0.15) is 6.33 Å². The number of carbonyl (C=O) groups is 1. The van der Waals surface area contributed by atoms with Crippen molar-refractivity contribution in [3.8, 4) is 5.69 Å². The summed E-state index contributed by atoms with van der Waals surface area (Å²) in [5.74, 6) is -0.0288. The third kappa shape index (κ3) is 3.45. The third-order valence-electron chi connectivity index (χ3n) is 3.67. The van der Waals surface area contributed by atoms with Gasteiger partial charge < -0.3 is 4.90 Å². The molecule has 2 heterocycles. The SMILES string of the molecule is CC(C)N(Cc1ccccn1)C(=O)c1ccc(-n2cnnn2)cc1. The number of tetrazole rings is 1. The molecule has 122 valence electrons. The zero-order chi connectivity index (χ0) is 16.9. The molecule has 0 fully saturated rings. The molecule has 24 heavy (non-hydrogen) atoms. The van der Waals surface area contributed by atoms with Gasteiger partial charge in [0.05, 0.1) is 17.9 Å². The molecule has 3 aromatic rings. The highest BCUT2D eigenvalue weighted by Gasteiger charge is 2.19. The van der Waals surface area contributed by atoms with Gasteiger partial charge in [0.2, 0.25) is 0 Å². The number of aromatic nitrogens is 5. The minimum absolute atomic E-state index is 0.0288. The van der Waals surface area contributed by atoms with Gasteiger partial charge >= 0.3 is 0 Å². The van der Waals surface area contributed by atoms with Crippen LogP contribution in [-0.4, -0.2) is 42.0 Å². The normalized spacial score (nSPS) is 10.8. The van der Waals surface area contributed by atoms with Crippen molar-refractivity contribution in [3.63, 3.8) is 0 Å². The van der Waals surface area contributed by atoms with Crippen LogP contribution in [0.5, 0.6) is 0 Å². The Bertz CT molecular complexity index is 784. The van der Waals surface area contributed by atoms with Gasteiger partial charge in [-0.1, -0.05) is 6.07 Å². The minimum Gasteiger partial charge on any atom is -0.330 e. The average molecular weight is 322 g/mol. The largest absolute Gasteiger partial charge is 0.330 e. The molecule has 0 saturated carbocycles. The smallest absolute Gasteiger partial charge is 0.254 e. The topological polar surface area (TPSA) is 76.8 Å². The summed E-state index contributed by atoms with van der Waals surface area (Å²) in [6.45, 7) is 4.47. The van der Waals surface area contributed by atoms with E-state index in [1.807, 2.05) is 44.2 Å². The average Bonchev–Trinajstić information content (AvgIpc) is 3.14. The molecule has 0 aliphatic rings. The first-order chi connectivity index (χ1) is 11.6. The van der Waals surface area contributed by atoms with Crippen molar-refractivity contribution in [2.45, 2.75) is 26.4 Å². The molecule has 0 N–H and O–H groups in total. The molecule has 1 aromatic carbocycles. The number of rotatable bonds is 5. The molecule has 2 aromatic heterocycles. The van der Waals surface area contributed by atoms with Gasteiger partial charge in [-0.3, -0.25) is 9.78 Å². The van der Waals surface area contributed by atoms with Crippen molar-refractivity contribution >= 4 is 5.91 Å². The van der Waals surface area contributed by atoms with Gasteiger partial charge in [-0.2, -0.15) is 0 Å². The zero-order valence-corrected chi connectivity index (χ0v) is 13.6. The second kappa shape index (κ2) is 6.99. The number of hydrogen-bond acceptors (Lipinski definition) is 5. The van der Waals surface area contributed by atoms with Gasteiger partial charge in [0.15, 0.2) is 0 Å². The Morgan fingerprint density at radius 2 is 1.96 bits per heavy atom. The maximum absolute atomic E-state index is 12.8. The summed E-state index contributed by atoms with van der Waals surface area (Å²) < 4.78 is 1.54. The predicted octanol–water partition coefficient (Wildman–Crippen LogP) is 2.11. The van der Waals surface area contributed by atoms with E-state index in [0.717, 1.165) is 11.4 Å². The first-order valence-electron chi connectivity index (χ1n) is 7.69. The molecule has 0 unspecified atom stereocenters. The Kier molecular flexibility index (Phi) is 4.60. The van der Waals surface area contributed by atoms with E-state index < -0.39 is 0 Å². The number of hydrogen-bond donors (Lipinski definition) is 0. The van der Waals surface area contributed by atoms with Crippen molar-refractivity contribution in [2.24, 2.45) is 0 Å². The van der Waals surface area contributed by atoms with Gasteiger partial charge in [0.25, 0.3) is 5.91 Å². The fourth-order valence-electron chi connectivity index (χ4n) is 2.36. The first-order valence-corrected chi connectivity index (χ1v) is 7.69. The lowest BCUT2D eigenvalue weighted by atomic mass is 10.1. The summed E-state index contributed by atoms with van der Waals surface area (Å²) in [5.41, 5.74) is 2.29. The van der Waals surface area contributed by atoms with E-state index in [1.165, 1.54) is 6.33 Å². The lowest BCUT2D eigenvalue weighted by Crippen LogP contribution is -2.36. The Morgan fingerprint density at radius 3 is 2.54 bits per heavy atom. The van der Waals surface area contributed by atoms with E-state index in [-0.39, 0.29) is 11.9 Å². The summed E-state index contributed by atoms with van der Waals surface area (Å²) >= 11 is 0. The van der Waals surface area contributed by atoms with Crippen LogP contribution < -0.4 is 0 Å². The lowest BCUT2D eigenvalue weighted by Gasteiger charge is -2.26. The Hall–Kier alpha value is -3.09. The van der Waals surface area contributed by atoms with Gasteiger partial charge in [-0.15, -0.1) is 5.10 Å². The van der Waals surface area contributed by atoms with Crippen LogP contribution >= 0.6 is 0 Å². The molecular formula is C17H18N6O. The molecule has 0 atom stereocenters. The number of nitrogens with zero attached hydrogens (tertiary/aromatic N) is 6. The molecule has 0 spiro atoms. The van der Waals surface area contributed by atoms with E-state index in [4.69, 9.17) is 0 Å². The molecular weight excluding hydrogens is 304 g/mol. The molecule has 3 rings (SSSR count). The summed E-state index contributed by atoms with van der Waals surface area (Å²) in [7, 11) is 0. The Morgan fingerprint density at radius 1 is 1.17 bits per heavy atom. The van der Waals surface area contributed by atoms with Crippen molar-refractivity contribution in [1.29, 1.82) is 0 Å². The molecule has 0 aliphatic carbocycles. The second-order valence-corrected chi connectivity index (χ2v) is 5.65. The molecule has 1 amide bonds. The number of benzene rings is 1. The van der Waals surface area contributed by atoms with Gasteiger partial charge in [-0.25, -0.2) is 4.68 Å². The van der Waals surface area contributed by atoms with Crippen molar-refractivity contribution in [2.75, 3.05) is 0 Å². The van der Waals surface area contributed by atoms with Crippen LogP contribution in [0.1, 0.15) is 29.9 Å². The van der Waals surface area contributed by atoms with E-state index in [0.29, 0.717) is 12.1 Å². The monoisotopic (exact) mass is 322 g/mol. The Labute approximate surface area is 139 Å². The second-order valence-electron chi connectivity index (χ2n) is 5.65. The summed E-state index contributed by atoms with van der Waals surface area (Å²) in [6, 6.07) is 13.0. The van der Waals surface area contributed by atoms with E-state index in [1.54, 1.807) is 27.9 Å². The fraction of sp³-hybridized carbons (Fsp3) is 0.235. The van der Waals surface area contributed by atoms with Crippen molar-refractivity contribution in [1.82, 2.24) is 30.1 Å². The zero-order valence-electron chi connectivity index (χ0n) is 13.6. The van der Waals surface area contributed by atoms with Crippen LogP contribution in [0.3, 0.4) is 0 Å². The van der Waals surface area contributed by atoms with Crippen LogP contribution in [-0.2, 0) is 6.54 Å². The van der Waals surface area contributed by atoms with E-state index in [9.17, 15) is 4.79 Å². The first kappa shape index (κ1) is 15.8. The quantitative estimate of drug-likeness (QED) is 0.719. The van der Waals surface area contributed by atoms with Crippen molar-refractivity contribution in [3.05, 3.63) is 66.2 Å². The fourth-order valence-corrected chi connectivity index (χ4v) is 2.36. The maximum atomic E-state index is 12.8. The maximum Gasteiger partial charge on any atom is 0.254 e. The van der Waals surface area contributed by atoms with Crippen molar-refractivity contribution < 1.29 is 4.79 Å². The molecule has 7 nitrogen and oxygen atoms in total. The van der Waals surface area contributed by atoms with E-state index in [2.05, 4.69) is 20.5 Å². The van der Waals surface area contributed by atoms with Crippen LogP contribution in [0.25, 0.3) is 5.69 Å². The third-order valence-corrected chi connectivity index (χ3v) is 3.67. The highest BCUT2D eigenvalue weighted by molar-refractivity contribution is 5.94. The van der Waals surface area contributed by atoms with Gasteiger partial charge in [-0.05, 0) is 60.7 Å². The highest BCUT2D eigenvalue weighted by atomic mass is 16.2. The highest BCUT2D eigenvalue weighted by Crippen LogP contribution is 2.14. The van der Waals surface area contributed by atoms with Crippen LogP contribution in [0, 0.1) is 0 Å². The molecule has 0 bridgehead atoms. The van der Waals surface area contributed by atoms with Gasteiger partial charge in [0, 0.05) is 17.8 Å². The standard InChI is InChI=1S/C17H18N6O/c1-13(2)22(11-15-5-3-4-10-18-15)17(24)14-6-8-16(9-7-14)23-12-19-20-21-23/h3-10,12-13H,11H2,1-2H3. The summed E-state index contributed by atoms with van der Waals surface area (Å²) in [4.78, 5) is 18.9. The molecule has 0 aliphatic heterocycles. The minimum atomic E-state index is -0.0288. The van der Waals surface area contributed by atoms with Crippen LogP contribution in [0.4, 0.5) is 0 Å². The lowest BCUT2D eigenvalue weighted by molar-refractivity contribution is 0.0688. The summed E-state index contributed by atoms with van der Waals surface area (Å²) in [5, 5.41) is 11.0. The molecule has 0 saturated heterocycles. The summed E-state index contributed by atoms with van der Waals surface area (Å²) in [6.07, 6.45) is 3.25.